The molecule has 0 unspecified atom stereocenters. The standard InChI is InChI=1S/C32H34F3N3O3/c1-3-4-17-38(31(40)24-8-7-9-26(19-24)32(33,34)35)22-30(39)37(21-23-12-14-27(41-2)15-13-23)18-16-25-20-36-29-11-6-5-10-28(25)29/h5-15,19-20,36H,3-4,16-18,21-22H2,1-2H3. The number of ether oxygens (including phenoxy) is 1. The Hall–Kier alpha value is -4.27. The number of hydrogen-bond acceptors (Lipinski definition) is 3. The maximum atomic E-state index is 13.7. The first-order valence-electron chi connectivity index (χ1n) is 13.6. The summed E-state index contributed by atoms with van der Waals surface area (Å²) in [7, 11) is 1.58. The second-order valence-corrected chi connectivity index (χ2v) is 9.93. The van der Waals surface area contributed by atoms with Crippen LogP contribution in [-0.4, -0.2) is 53.3 Å². The van der Waals surface area contributed by atoms with Crippen LogP contribution in [0.5, 0.6) is 5.75 Å². The van der Waals surface area contributed by atoms with E-state index in [1.165, 1.54) is 17.0 Å². The number of aromatic amines is 1. The second-order valence-electron chi connectivity index (χ2n) is 9.93. The summed E-state index contributed by atoms with van der Waals surface area (Å²) < 4.78 is 45.2. The number of benzene rings is 3. The van der Waals surface area contributed by atoms with Crippen molar-refractivity contribution in [2.45, 2.75) is 38.9 Å². The Morgan fingerprint density at radius 2 is 1.68 bits per heavy atom. The van der Waals surface area contributed by atoms with Gasteiger partial charge in [-0.15, -0.1) is 0 Å². The molecule has 0 aliphatic carbocycles. The van der Waals surface area contributed by atoms with Crippen LogP contribution in [0.1, 0.15) is 46.8 Å². The van der Waals surface area contributed by atoms with E-state index in [0.717, 1.165) is 40.6 Å². The van der Waals surface area contributed by atoms with Crippen LogP contribution in [0.25, 0.3) is 10.9 Å². The third-order valence-corrected chi connectivity index (χ3v) is 7.04. The normalized spacial score (nSPS) is 11.4. The highest BCUT2D eigenvalue weighted by atomic mass is 19.4. The molecule has 0 saturated carbocycles. The van der Waals surface area contributed by atoms with Gasteiger partial charge in [-0.2, -0.15) is 13.2 Å². The summed E-state index contributed by atoms with van der Waals surface area (Å²) in [5.41, 5.74) is 1.97. The Balaban J connectivity index is 1.56. The molecule has 1 N–H and O–H groups in total. The molecule has 0 bridgehead atoms. The molecular weight excluding hydrogens is 531 g/mol. The number of carbonyl (C=O) groups excluding carboxylic acids is 2. The average molecular weight is 566 g/mol. The molecule has 9 heteroatoms. The molecule has 216 valence electrons. The molecule has 1 heterocycles. The largest absolute Gasteiger partial charge is 0.497 e. The highest BCUT2D eigenvalue weighted by Gasteiger charge is 2.31. The number of rotatable bonds is 12. The van der Waals surface area contributed by atoms with Crippen LogP contribution in [-0.2, 0) is 23.9 Å². The van der Waals surface area contributed by atoms with Crippen molar-refractivity contribution in [1.82, 2.24) is 14.8 Å². The summed E-state index contributed by atoms with van der Waals surface area (Å²) in [6.07, 6.45) is -0.672. The Bertz CT molecular complexity index is 1460. The van der Waals surface area contributed by atoms with E-state index in [9.17, 15) is 22.8 Å². The molecule has 0 spiro atoms. The van der Waals surface area contributed by atoms with E-state index < -0.39 is 17.6 Å². The number of amides is 2. The van der Waals surface area contributed by atoms with E-state index in [-0.39, 0.29) is 24.6 Å². The Morgan fingerprint density at radius 3 is 2.39 bits per heavy atom. The summed E-state index contributed by atoms with van der Waals surface area (Å²) >= 11 is 0. The van der Waals surface area contributed by atoms with Gasteiger partial charge in [0.2, 0.25) is 5.91 Å². The van der Waals surface area contributed by atoms with Crippen molar-refractivity contribution >= 4 is 22.7 Å². The Morgan fingerprint density at radius 1 is 0.927 bits per heavy atom. The molecule has 0 atom stereocenters. The van der Waals surface area contributed by atoms with E-state index in [1.54, 1.807) is 12.0 Å². The lowest BCUT2D eigenvalue weighted by Gasteiger charge is -2.28. The zero-order valence-electron chi connectivity index (χ0n) is 23.2. The van der Waals surface area contributed by atoms with Crippen LogP contribution in [0.15, 0.2) is 79.0 Å². The predicted molar refractivity (Wildman–Crippen MR) is 153 cm³/mol. The number of para-hydroxylation sites is 1. The molecule has 4 aromatic rings. The first-order valence-corrected chi connectivity index (χ1v) is 13.6. The van der Waals surface area contributed by atoms with Crippen LogP contribution in [0.4, 0.5) is 13.2 Å². The highest BCUT2D eigenvalue weighted by molar-refractivity contribution is 5.96. The predicted octanol–water partition coefficient (Wildman–Crippen LogP) is 6.71. The van der Waals surface area contributed by atoms with Crippen LogP contribution >= 0.6 is 0 Å². The van der Waals surface area contributed by atoms with Gasteiger partial charge < -0.3 is 19.5 Å². The fraction of sp³-hybridized carbons (Fsp3) is 0.312. The number of unbranched alkanes of at least 4 members (excludes halogenated alkanes) is 1. The quantitative estimate of drug-likeness (QED) is 0.208. The molecular formula is C32H34F3N3O3. The first-order chi connectivity index (χ1) is 19.7. The highest BCUT2D eigenvalue weighted by Crippen LogP contribution is 2.30. The van der Waals surface area contributed by atoms with Gasteiger partial charge in [0, 0.05) is 42.3 Å². The minimum Gasteiger partial charge on any atom is -0.497 e. The van der Waals surface area contributed by atoms with Crippen molar-refractivity contribution in [3.63, 3.8) is 0 Å². The summed E-state index contributed by atoms with van der Waals surface area (Å²) in [4.78, 5) is 33.4. The molecule has 2 amide bonds. The van der Waals surface area contributed by atoms with Gasteiger partial charge in [0.05, 0.1) is 12.7 Å². The molecule has 0 saturated heterocycles. The van der Waals surface area contributed by atoms with Crippen LogP contribution < -0.4 is 4.74 Å². The number of methoxy groups -OCH3 is 1. The summed E-state index contributed by atoms with van der Waals surface area (Å²) in [5.74, 6) is -0.182. The lowest BCUT2D eigenvalue weighted by molar-refractivity contribution is -0.137. The van der Waals surface area contributed by atoms with E-state index in [4.69, 9.17) is 4.74 Å². The number of nitrogens with zero attached hydrogens (tertiary/aromatic N) is 2. The molecule has 0 fully saturated rings. The number of aromatic nitrogens is 1. The summed E-state index contributed by atoms with van der Waals surface area (Å²) in [5, 5.41) is 1.08. The number of alkyl halides is 3. The molecule has 0 aliphatic heterocycles. The average Bonchev–Trinajstić information content (AvgIpc) is 3.40. The number of hydrogen-bond donors (Lipinski definition) is 1. The van der Waals surface area contributed by atoms with Gasteiger partial charge in [0.15, 0.2) is 0 Å². The van der Waals surface area contributed by atoms with Gasteiger partial charge >= 0.3 is 6.18 Å². The van der Waals surface area contributed by atoms with Gasteiger partial charge in [-0.25, -0.2) is 0 Å². The lowest BCUT2D eigenvalue weighted by atomic mass is 10.1. The molecule has 0 radical (unpaired) electrons. The first kappa shape index (κ1) is 29.7. The van der Waals surface area contributed by atoms with Gasteiger partial charge in [-0.05, 0) is 60.4 Å². The van der Waals surface area contributed by atoms with Crippen molar-refractivity contribution in [2.75, 3.05) is 26.7 Å². The van der Waals surface area contributed by atoms with E-state index in [1.807, 2.05) is 61.7 Å². The number of fused-ring (bicyclic) bond motifs is 1. The van der Waals surface area contributed by atoms with Gasteiger partial charge in [0.1, 0.15) is 12.3 Å². The van der Waals surface area contributed by atoms with Crippen LogP contribution in [0.2, 0.25) is 0 Å². The second kappa shape index (κ2) is 13.4. The van der Waals surface area contributed by atoms with Crippen molar-refractivity contribution in [3.05, 3.63) is 101 Å². The fourth-order valence-corrected chi connectivity index (χ4v) is 4.71. The van der Waals surface area contributed by atoms with Gasteiger partial charge in [0.25, 0.3) is 5.91 Å². The molecule has 6 nitrogen and oxygen atoms in total. The third-order valence-electron chi connectivity index (χ3n) is 7.04. The third kappa shape index (κ3) is 7.68. The molecule has 41 heavy (non-hydrogen) atoms. The Labute approximate surface area is 237 Å². The summed E-state index contributed by atoms with van der Waals surface area (Å²) in [6.45, 7) is 2.68. The lowest BCUT2D eigenvalue weighted by Crippen LogP contribution is -2.43. The van der Waals surface area contributed by atoms with Crippen molar-refractivity contribution in [2.24, 2.45) is 0 Å². The van der Waals surface area contributed by atoms with Gasteiger partial charge in [-0.3, -0.25) is 9.59 Å². The van der Waals surface area contributed by atoms with E-state index >= 15 is 0 Å². The maximum absolute atomic E-state index is 13.7. The minimum atomic E-state index is -4.57. The minimum absolute atomic E-state index is 0.0933. The fourth-order valence-electron chi connectivity index (χ4n) is 4.71. The van der Waals surface area contributed by atoms with E-state index in [0.29, 0.717) is 31.7 Å². The molecule has 3 aromatic carbocycles. The monoisotopic (exact) mass is 565 g/mol. The van der Waals surface area contributed by atoms with Crippen LogP contribution in [0.3, 0.4) is 0 Å². The maximum Gasteiger partial charge on any atom is 0.416 e. The molecule has 4 rings (SSSR count). The van der Waals surface area contributed by atoms with Gasteiger partial charge in [-0.1, -0.05) is 49.7 Å². The summed E-state index contributed by atoms with van der Waals surface area (Å²) in [6, 6.07) is 19.7. The molecule has 1 aromatic heterocycles. The van der Waals surface area contributed by atoms with Crippen LogP contribution in [0, 0.1) is 0 Å². The zero-order chi connectivity index (χ0) is 29.4. The smallest absolute Gasteiger partial charge is 0.416 e. The molecule has 0 aliphatic rings. The zero-order valence-corrected chi connectivity index (χ0v) is 23.2. The number of carbonyl (C=O) groups is 2. The van der Waals surface area contributed by atoms with Crippen molar-refractivity contribution in [1.29, 1.82) is 0 Å². The topological polar surface area (TPSA) is 65.6 Å². The van der Waals surface area contributed by atoms with Crippen molar-refractivity contribution < 1.29 is 27.5 Å². The van der Waals surface area contributed by atoms with Crippen molar-refractivity contribution in [3.8, 4) is 5.75 Å². The Kier molecular flexibility index (Phi) is 9.70. The SMILES string of the molecule is CCCCN(CC(=O)N(CCc1c[nH]c2ccccc12)Cc1ccc(OC)cc1)C(=O)c1cccc(C(F)(F)F)c1. The number of halogens is 3. The van der Waals surface area contributed by atoms with E-state index in [2.05, 4.69) is 4.98 Å². The number of H-pyrrole nitrogens is 1. The number of nitrogens with one attached hydrogen (secondary N) is 1.